The van der Waals surface area contributed by atoms with Crippen molar-refractivity contribution < 1.29 is 35.9 Å². The highest BCUT2D eigenvalue weighted by atomic mass is 35.5. The molecule has 0 saturated carbocycles. The summed E-state index contributed by atoms with van der Waals surface area (Å²) in [5.41, 5.74) is -0.528. The van der Waals surface area contributed by atoms with E-state index >= 15 is 0 Å². The number of hydrogen-bond acceptors (Lipinski definition) is 4. The number of hydrogen-bond donors (Lipinski definition) is 1. The minimum Gasteiger partial charge on any atom is -0.484 e. The molecule has 0 spiro atoms. The molecule has 1 aromatic heterocycles. The molecule has 1 amide bonds. The number of carbonyl (C=O) groups is 1. The lowest BCUT2D eigenvalue weighted by atomic mass is 9.95. The van der Waals surface area contributed by atoms with E-state index in [1.807, 2.05) is 0 Å². The van der Waals surface area contributed by atoms with Gasteiger partial charge >= 0.3 is 12.4 Å². The molecule has 3 rings (SSSR count). The van der Waals surface area contributed by atoms with E-state index in [0.29, 0.717) is 31.6 Å². The minimum atomic E-state index is -4.54. The van der Waals surface area contributed by atoms with E-state index < -0.39 is 24.5 Å². The molecule has 0 atom stereocenters. The topological polar surface area (TPSA) is 54.5 Å². The molecule has 0 aliphatic carbocycles. The van der Waals surface area contributed by atoms with Crippen molar-refractivity contribution >= 4 is 29.0 Å². The average molecular weight is 482 g/mol. The molecule has 32 heavy (non-hydrogen) atoms. The Bertz CT molecular complexity index is 942. The van der Waals surface area contributed by atoms with Crippen LogP contribution in [-0.4, -0.2) is 36.8 Å². The summed E-state index contributed by atoms with van der Waals surface area (Å²) in [5, 5.41) is 2.58. The van der Waals surface area contributed by atoms with E-state index in [4.69, 9.17) is 11.6 Å². The monoisotopic (exact) mass is 481 g/mol. The number of halogens is 7. The summed E-state index contributed by atoms with van der Waals surface area (Å²) in [5.74, 6) is -0.358. The van der Waals surface area contributed by atoms with Crippen LogP contribution in [0.15, 0.2) is 36.5 Å². The lowest BCUT2D eigenvalue weighted by Gasteiger charge is -2.32. The zero-order valence-corrected chi connectivity index (χ0v) is 17.2. The van der Waals surface area contributed by atoms with Crippen LogP contribution in [-0.2, 0) is 11.0 Å². The number of carbonyl (C=O) groups excluding carboxylic acids is 1. The first-order valence-electron chi connectivity index (χ1n) is 9.50. The van der Waals surface area contributed by atoms with Gasteiger partial charge < -0.3 is 15.0 Å². The first-order chi connectivity index (χ1) is 14.9. The van der Waals surface area contributed by atoms with E-state index in [0.717, 1.165) is 12.3 Å². The SMILES string of the molecule is O=C(Nc1ccc(OCC(F)(F)F)cc1)C1CCN(c2ncc(C(F)(F)F)cc2Cl)CC1. The lowest BCUT2D eigenvalue weighted by Crippen LogP contribution is -2.38. The molecule has 1 N–H and O–H groups in total. The summed E-state index contributed by atoms with van der Waals surface area (Å²) < 4.78 is 79.4. The largest absolute Gasteiger partial charge is 0.484 e. The van der Waals surface area contributed by atoms with Crippen LogP contribution in [0.4, 0.5) is 37.8 Å². The van der Waals surface area contributed by atoms with Crippen LogP contribution in [0.5, 0.6) is 5.75 Å². The van der Waals surface area contributed by atoms with Crippen molar-refractivity contribution in [2.45, 2.75) is 25.2 Å². The third kappa shape index (κ3) is 6.41. The van der Waals surface area contributed by atoms with Gasteiger partial charge in [-0.1, -0.05) is 11.6 Å². The molecule has 2 heterocycles. The number of nitrogens with one attached hydrogen (secondary N) is 1. The Morgan fingerprint density at radius 1 is 1.12 bits per heavy atom. The molecular formula is C20H18ClF6N3O2. The summed E-state index contributed by atoms with van der Waals surface area (Å²) in [6, 6.07) is 6.34. The number of amides is 1. The Labute approximate surface area is 184 Å². The lowest BCUT2D eigenvalue weighted by molar-refractivity contribution is -0.153. The van der Waals surface area contributed by atoms with Crippen LogP contribution in [0, 0.1) is 5.92 Å². The van der Waals surface area contributed by atoms with Crippen molar-refractivity contribution in [2.75, 3.05) is 29.9 Å². The fraction of sp³-hybridized carbons (Fsp3) is 0.400. The van der Waals surface area contributed by atoms with Gasteiger partial charge in [0.25, 0.3) is 0 Å². The highest BCUT2D eigenvalue weighted by Crippen LogP contribution is 2.34. The maximum Gasteiger partial charge on any atom is 0.422 e. The van der Waals surface area contributed by atoms with E-state index in [-0.39, 0.29) is 28.4 Å². The van der Waals surface area contributed by atoms with Gasteiger partial charge in [0.1, 0.15) is 11.6 Å². The maximum atomic E-state index is 12.8. The van der Waals surface area contributed by atoms with Crippen molar-refractivity contribution in [1.29, 1.82) is 0 Å². The first-order valence-corrected chi connectivity index (χ1v) is 9.88. The Balaban J connectivity index is 1.52. The van der Waals surface area contributed by atoms with Crippen LogP contribution < -0.4 is 15.0 Å². The van der Waals surface area contributed by atoms with E-state index in [9.17, 15) is 31.1 Å². The quantitative estimate of drug-likeness (QED) is 0.569. The molecule has 0 bridgehead atoms. The molecule has 2 aromatic rings. The van der Waals surface area contributed by atoms with Crippen molar-refractivity contribution in [3.8, 4) is 5.75 Å². The zero-order chi connectivity index (χ0) is 23.5. The van der Waals surface area contributed by atoms with Crippen LogP contribution >= 0.6 is 11.6 Å². The fourth-order valence-electron chi connectivity index (χ4n) is 3.22. The fourth-order valence-corrected chi connectivity index (χ4v) is 3.50. The predicted molar refractivity (Wildman–Crippen MR) is 106 cm³/mol. The van der Waals surface area contributed by atoms with Crippen LogP contribution in [0.1, 0.15) is 18.4 Å². The van der Waals surface area contributed by atoms with Gasteiger partial charge in [-0.15, -0.1) is 0 Å². The minimum absolute atomic E-state index is 0.0227. The Morgan fingerprint density at radius 2 is 1.75 bits per heavy atom. The molecule has 12 heteroatoms. The van der Waals surface area contributed by atoms with Gasteiger partial charge in [-0.2, -0.15) is 26.3 Å². The summed E-state index contributed by atoms with van der Waals surface area (Å²) in [6.07, 6.45) is -7.40. The third-order valence-electron chi connectivity index (χ3n) is 4.84. The number of nitrogens with zero attached hydrogens (tertiary/aromatic N) is 2. The second kappa shape index (κ2) is 9.43. The number of rotatable bonds is 5. The number of benzene rings is 1. The highest BCUT2D eigenvalue weighted by Gasteiger charge is 2.33. The van der Waals surface area contributed by atoms with E-state index in [1.54, 1.807) is 4.90 Å². The maximum absolute atomic E-state index is 12.8. The van der Waals surface area contributed by atoms with Gasteiger partial charge in [0, 0.05) is 30.9 Å². The van der Waals surface area contributed by atoms with E-state index in [1.165, 1.54) is 24.3 Å². The number of aromatic nitrogens is 1. The molecule has 1 aliphatic rings. The second-order valence-corrected chi connectivity index (χ2v) is 7.61. The molecule has 5 nitrogen and oxygen atoms in total. The molecule has 1 aliphatic heterocycles. The number of pyridine rings is 1. The first kappa shape index (κ1) is 24.0. The van der Waals surface area contributed by atoms with Gasteiger partial charge in [-0.25, -0.2) is 4.98 Å². The molecule has 1 saturated heterocycles. The normalized spacial score (nSPS) is 15.5. The highest BCUT2D eigenvalue weighted by molar-refractivity contribution is 6.33. The smallest absolute Gasteiger partial charge is 0.422 e. The van der Waals surface area contributed by atoms with Crippen LogP contribution in [0.3, 0.4) is 0 Å². The Kier molecular flexibility index (Phi) is 7.06. The van der Waals surface area contributed by atoms with Crippen LogP contribution in [0.25, 0.3) is 0 Å². The van der Waals surface area contributed by atoms with Crippen LogP contribution in [0.2, 0.25) is 5.02 Å². The standard InChI is InChI=1S/C20H18ClF6N3O2/c21-16-9-13(20(25,26)27)10-28-17(16)30-7-5-12(6-8-30)18(31)29-14-1-3-15(4-2-14)32-11-19(22,23)24/h1-4,9-10,12H,5-8,11H2,(H,29,31). The van der Waals surface area contributed by atoms with Crippen molar-refractivity contribution in [3.63, 3.8) is 0 Å². The third-order valence-corrected chi connectivity index (χ3v) is 5.12. The molecule has 0 unspecified atom stereocenters. The summed E-state index contributed by atoms with van der Waals surface area (Å²) >= 11 is 5.98. The molecule has 1 fully saturated rings. The summed E-state index contributed by atoms with van der Waals surface area (Å²) in [6.45, 7) is -0.657. The molecule has 174 valence electrons. The van der Waals surface area contributed by atoms with Gasteiger partial charge in [-0.3, -0.25) is 4.79 Å². The van der Waals surface area contributed by atoms with E-state index in [2.05, 4.69) is 15.0 Å². The number of ether oxygens (including phenoxy) is 1. The molecular weight excluding hydrogens is 464 g/mol. The summed E-state index contributed by atoms with van der Waals surface area (Å²) in [7, 11) is 0. The predicted octanol–water partition coefficient (Wildman–Crippen LogP) is 5.55. The Morgan fingerprint density at radius 3 is 2.28 bits per heavy atom. The summed E-state index contributed by atoms with van der Waals surface area (Å²) in [4.78, 5) is 18.1. The zero-order valence-electron chi connectivity index (χ0n) is 16.4. The molecule has 1 aromatic carbocycles. The Hall–Kier alpha value is -2.69. The van der Waals surface area contributed by atoms with Gasteiger partial charge in [0.2, 0.25) is 5.91 Å². The molecule has 0 radical (unpaired) electrons. The van der Waals surface area contributed by atoms with Crippen molar-refractivity contribution in [1.82, 2.24) is 4.98 Å². The number of alkyl halides is 6. The van der Waals surface area contributed by atoms with Gasteiger partial charge in [0.05, 0.1) is 10.6 Å². The van der Waals surface area contributed by atoms with Gasteiger partial charge in [-0.05, 0) is 43.2 Å². The number of piperidine rings is 1. The number of anilines is 2. The average Bonchev–Trinajstić information content (AvgIpc) is 2.72. The van der Waals surface area contributed by atoms with Gasteiger partial charge in [0.15, 0.2) is 6.61 Å². The van der Waals surface area contributed by atoms with Crippen molar-refractivity contribution in [2.24, 2.45) is 5.92 Å². The second-order valence-electron chi connectivity index (χ2n) is 7.21. The van der Waals surface area contributed by atoms with Crippen molar-refractivity contribution in [3.05, 3.63) is 47.1 Å².